The lowest BCUT2D eigenvalue weighted by Crippen LogP contribution is -1.90. The van der Waals surface area contributed by atoms with Gasteiger partial charge in [0, 0.05) is 6.20 Å². The summed E-state index contributed by atoms with van der Waals surface area (Å²) in [4.78, 5) is 3.86. The molecule has 0 bridgehead atoms. The fourth-order valence-corrected chi connectivity index (χ4v) is 0.498. The largest absolute Gasteiger partial charge is 0.383 e. The van der Waals surface area contributed by atoms with Crippen molar-refractivity contribution in [2.45, 2.75) is 6.92 Å². The van der Waals surface area contributed by atoms with Crippen molar-refractivity contribution in [1.82, 2.24) is 10.3 Å². The van der Waals surface area contributed by atoms with E-state index < -0.39 is 0 Å². The second-order valence-corrected chi connectivity index (χ2v) is 2.21. The van der Waals surface area contributed by atoms with E-state index in [-0.39, 0.29) is 0 Å². The third kappa shape index (κ3) is 4.33. The standard InChI is InChI=1S/C6H8N2.C2H7N/c1-5-3-2-4-8-6(5)7;1-3-2/h2-4H,1H3,(H2,7,8);3H,1-2H3. The van der Waals surface area contributed by atoms with Gasteiger partial charge in [-0.1, -0.05) is 6.07 Å². The number of pyridine rings is 1. The quantitative estimate of drug-likeness (QED) is 0.580. The van der Waals surface area contributed by atoms with E-state index in [0.717, 1.165) is 5.56 Å². The molecule has 0 aliphatic rings. The van der Waals surface area contributed by atoms with Gasteiger partial charge in [0.2, 0.25) is 0 Å². The zero-order chi connectivity index (χ0) is 8.69. The van der Waals surface area contributed by atoms with E-state index in [2.05, 4.69) is 10.3 Å². The second kappa shape index (κ2) is 5.68. The molecule has 62 valence electrons. The minimum Gasteiger partial charge on any atom is -0.383 e. The maximum Gasteiger partial charge on any atom is 0.126 e. The van der Waals surface area contributed by atoms with Crippen LogP contribution in [0.1, 0.15) is 5.56 Å². The molecule has 0 amide bonds. The first kappa shape index (κ1) is 9.91. The van der Waals surface area contributed by atoms with Crippen molar-refractivity contribution in [3.8, 4) is 0 Å². The molecule has 0 saturated carbocycles. The average Bonchev–Trinajstić information content (AvgIpc) is 1.97. The number of hydrogen-bond donors (Lipinski definition) is 2. The van der Waals surface area contributed by atoms with Crippen molar-refractivity contribution >= 4 is 5.82 Å². The highest BCUT2D eigenvalue weighted by Crippen LogP contribution is 2.01. The molecule has 0 aliphatic carbocycles. The molecule has 1 rings (SSSR count). The Morgan fingerprint density at radius 2 is 2.00 bits per heavy atom. The van der Waals surface area contributed by atoms with E-state index in [1.807, 2.05) is 33.2 Å². The van der Waals surface area contributed by atoms with Gasteiger partial charge in [-0.25, -0.2) is 4.98 Å². The maximum atomic E-state index is 5.41. The summed E-state index contributed by atoms with van der Waals surface area (Å²) < 4.78 is 0. The molecular weight excluding hydrogens is 138 g/mol. The maximum absolute atomic E-state index is 5.41. The SMILES string of the molecule is CNC.Cc1cccnc1N. The number of nitrogens with zero attached hydrogens (tertiary/aromatic N) is 1. The normalized spacial score (nSPS) is 8.27. The van der Waals surface area contributed by atoms with Crippen molar-refractivity contribution in [1.29, 1.82) is 0 Å². The fourth-order valence-electron chi connectivity index (χ4n) is 0.498. The summed E-state index contributed by atoms with van der Waals surface area (Å²) in [6, 6.07) is 3.80. The van der Waals surface area contributed by atoms with Gasteiger partial charge in [0.25, 0.3) is 0 Å². The Labute approximate surface area is 67.6 Å². The third-order valence-corrected chi connectivity index (χ3v) is 1.05. The van der Waals surface area contributed by atoms with Crippen LogP contribution in [0.4, 0.5) is 5.82 Å². The summed E-state index contributed by atoms with van der Waals surface area (Å²) in [6.07, 6.45) is 1.68. The molecule has 3 heteroatoms. The molecule has 3 nitrogen and oxygen atoms in total. The molecule has 0 aromatic carbocycles. The first-order chi connectivity index (χ1) is 5.22. The molecule has 0 atom stereocenters. The van der Waals surface area contributed by atoms with Crippen molar-refractivity contribution in [3.05, 3.63) is 23.9 Å². The summed E-state index contributed by atoms with van der Waals surface area (Å²) in [5.74, 6) is 0.618. The highest BCUT2D eigenvalue weighted by atomic mass is 14.8. The summed E-state index contributed by atoms with van der Waals surface area (Å²) in [7, 11) is 3.75. The Morgan fingerprint density at radius 3 is 2.27 bits per heavy atom. The van der Waals surface area contributed by atoms with Crippen molar-refractivity contribution in [2.75, 3.05) is 19.8 Å². The van der Waals surface area contributed by atoms with Gasteiger partial charge in [-0.05, 0) is 32.6 Å². The van der Waals surface area contributed by atoms with Gasteiger partial charge in [0.05, 0.1) is 0 Å². The van der Waals surface area contributed by atoms with E-state index in [0.29, 0.717) is 5.82 Å². The van der Waals surface area contributed by atoms with E-state index >= 15 is 0 Å². The molecule has 11 heavy (non-hydrogen) atoms. The summed E-state index contributed by atoms with van der Waals surface area (Å²) in [5.41, 5.74) is 6.44. The summed E-state index contributed by atoms with van der Waals surface area (Å²) >= 11 is 0. The lowest BCUT2D eigenvalue weighted by atomic mass is 10.3. The molecule has 0 unspecified atom stereocenters. The Bertz CT molecular complexity index is 177. The lowest BCUT2D eigenvalue weighted by Gasteiger charge is -1.92. The molecule has 0 spiro atoms. The van der Waals surface area contributed by atoms with Gasteiger partial charge in [-0.2, -0.15) is 0 Å². The van der Waals surface area contributed by atoms with E-state index in [1.54, 1.807) is 6.20 Å². The van der Waals surface area contributed by atoms with Crippen LogP contribution in [0, 0.1) is 6.92 Å². The van der Waals surface area contributed by atoms with E-state index in [9.17, 15) is 0 Å². The number of nitrogens with one attached hydrogen (secondary N) is 1. The zero-order valence-electron chi connectivity index (χ0n) is 7.26. The molecule has 1 aromatic heterocycles. The highest BCUT2D eigenvalue weighted by molar-refractivity contribution is 5.36. The fraction of sp³-hybridized carbons (Fsp3) is 0.375. The number of aromatic nitrogens is 1. The molecule has 1 aromatic rings. The number of nitrogens with two attached hydrogens (primary N) is 1. The summed E-state index contributed by atoms with van der Waals surface area (Å²) in [5, 5.41) is 2.75. The second-order valence-electron chi connectivity index (χ2n) is 2.21. The topological polar surface area (TPSA) is 50.9 Å². The Morgan fingerprint density at radius 1 is 1.45 bits per heavy atom. The van der Waals surface area contributed by atoms with Crippen LogP contribution in [0.5, 0.6) is 0 Å². The Hall–Kier alpha value is -1.09. The van der Waals surface area contributed by atoms with Crippen LogP contribution < -0.4 is 11.1 Å². The van der Waals surface area contributed by atoms with Crippen molar-refractivity contribution in [2.24, 2.45) is 0 Å². The number of nitrogen functional groups attached to an aromatic ring is 1. The summed E-state index contributed by atoms with van der Waals surface area (Å²) in [6.45, 7) is 1.93. The smallest absolute Gasteiger partial charge is 0.126 e. The average molecular weight is 153 g/mol. The first-order valence-corrected chi connectivity index (χ1v) is 3.48. The zero-order valence-corrected chi connectivity index (χ0v) is 7.26. The van der Waals surface area contributed by atoms with Crippen LogP contribution in [0.3, 0.4) is 0 Å². The molecule has 1 heterocycles. The van der Waals surface area contributed by atoms with E-state index in [4.69, 9.17) is 5.73 Å². The molecule has 3 N–H and O–H groups in total. The Kier molecular flexibility index (Phi) is 5.11. The van der Waals surface area contributed by atoms with Gasteiger partial charge in [-0.15, -0.1) is 0 Å². The first-order valence-electron chi connectivity index (χ1n) is 3.48. The number of rotatable bonds is 0. The van der Waals surface area contributed by atoms with Crippen LogP contribution in [0.25, 0.3) is 0 Å². The van der Waals surface area contributed by atoms with Gasteiger partial charge in [-0.3, -0.25) is 0 Å². The van der Waals surface area contributed by atoms with Crippen molar-refractivity contribution < 1.29 is 0 Å². The van der Waals surface area contributed by atoms with Crippen LogP contribution in [0.15, 0.2) is 18.3 Å². The predicted molar refractivity (Wildman–Crippen MR) is 48.4 cm³/mol. The molecule has 0 radical (unpaired) electrons. The van der Waals surface area contributed by atoms with E-state index in [1.165, 1.54) is 0 Å². The molecule has 0 saturated heterocycles. The van der Waals surface area contributed by atoms with Crippen LogP contribution in [-0.4, -0.2) is 19.1 Å². The van der Waals surface area contributed by atoms with Crippen LogP contribution >= 0.6 is 0 Å². The third-order valence-electron chi connectivity index (χ3n) is 1.05. The number of anilines is 1. The number of aryl methyl sites for hydroxylation is 1. The monoisotopic (exact) mass is 153 g/mol. The number of hydrogen-bond acceptors (Lipinski definition) is 3. The Balaban J connectivity index is 0.000000292. The molecule has 0 fully saturated rings. The minimum atomic E-state index is 0.618. The minimum absolute atomic E-state index is 0.618. The van der Waals surface area contributed by atoms with Gasteiger partial charge >= 0.3 is 0 Å². The lowest BCUT2D eigenvalue weighted by molar-refractivity contribution is 1.02. The van der Waals surface area contributed by atoms with Crippen LogP contribution in [0.2, 0.25) is 0 Å². The van der Waals surface area contributed by atoms with Gasteiger partial charge < -0.3 is 11.1 Å². The highest BCUT2D eigenvalue weighted by Gasteiger charge is 1.86. The van der Waals surface area contributed by atoms with Crippen LogP contribution in [-0.2, 0) is 0 Å². The van der Waals surface area contributed by atoms with Gasteiger partial charge in [0.15, 0.2) is 0 Å². The molecule has 0 aliphatic heterocycles. The van der Waals surface area contributed by atoms with Crippen molar-refractivity contribution in [3.63, 3.8) is 0 Å². The molecular formula is C8H15N3. The van der Waals surface area contributed by atoms with Gasteiger partial charge in [0.1, 0.15) is 5.82 Å². The predicted octanol–water partition coefficient (Wildman–Crippen LogP) is 0.808.